The summed E-state index contributed by atoms with van der Waals surface area (Å²) in [6.07, 6.45) is 2.94. The van der Waals surface area contributed by atoms with Gasteiger partial charge in [0.2, 0.25) is 6.29 Å². The summed E-state index contributed by atoms with van der Waals surface area (Å²) in [5.41, 5.74) is 1.15. The number of hydrogen-bond donors (Lipinski definition) is 1. The first-order valence-corrected chi connectivity index (χ1v) is 9.87. The molecular formula is C19H24INO4. The molecule has 5 nitrogen and oxygen atoms in total. The second-order valence-electron chi connectivity index (χ2n) is 6.37. The van der Waals surface area contributed by atoms with Gasteiger partial charge < -0.3 is 19.5 Å². The number of allylic oxidation sites excluding steroid dienone is 1. The molecule has 3 atom stereocenters. The van der Waals surface area contributed by atoms with Crippen molar-refractivity contribution in [2.24, 2.45) is 5.92 Å². The number of amides is 1. The van der Waals surface area contributed by atoms with Crippen LogP contribution in [0.25, 0.3) is 0 Å². The topological polar surface area (TPSA) is 58.8 Å². The number of ether oxygens (including phenoxy) is 2. The van der Waals surface area contributed by atoms with Gasteiger partial charge in [0.1, 0.15) is 0 Å². The van der Waals surface area contributed by atoms with Crippen molar-refractivity contribution in [3.05, 3.63) is 45.2 Å². The number of benzene rings is 1. The van der Waals surface area contributed by atoms with Crippen LogP contribution in [-0.2, 0) is 14.3 Å². The zero-order valence-electron chi connectivity index (χ0n) is 14.4. The van der Waals surface area contributed by atoms with Gasteiger partial charge in [-0.1, -0.05) is 12.1 Å². The molecule has 2 heterocycles. The van der Waals surface area contributed by atoms with Crippen molar-refractivity contribution in [3.8, 4) is 0 Å². The lowest BCUT2D eigenvalue weighted by atomic mass is 9.80. The van der Waals surface area contributed by atoms with Gasteiger partial charge in [0.25, 0.3) is 5.91 Å². The Balaban J connectivity index is 1.93. The van der Waals surface area contributed by atoms with Crippen molar-refractivity contribution in [2.45, 2.75) is 32.0 Å². The van der Waals surface area contributed by atoms with E-state index in [2.05, 4.69) is 46.9 Å². The first kappa shape index (κ1) is 18.7. The normalized spacial score (nSPS) is 25.3. The highest BCUT2D eigenvalue weighted by atomic mass is 127. The monoisotopic (exact) mass is 457 g/mol. The average Bonchev–Trinajstić information content (AvgIpc) is 3.45. The lowest BCUT2D eigenvalue weighted by Crippen LogP contribution is -2.37. The summed E-state index contributed by atoms with van der Waals surface area (Å²) >= 11 is 2.29. The molecule has 136 valence electrons. The summed E-state index contributed by atoms with van der Waals surface area (Å²) in [6, 6.07) is 8.35. The standard InChI is InChI=1S/C19H24INO4/c1-2-24-19-15(4-3-11-22)16(13-5-7-14(20)8-6-13)12-17(25-19)18(23)21-9-10-21/h5-8,12,15-16,19,22H,2-4,9-11H2,1H3/t15-,16-,19-/m1/s1. The van der Waals surface area contributed by atoms with Crippen molar-refractivity contribution < 1.29 is 19.4 Å². The van der Waals surface area contributed by atoms with Gasteiger partial charge in [-0.05, 0) is 66.1 Å². The van der Waals surface area contributed by atoms with Crippen LogP contribution in [0, 0.1) is 9.49 Å². The molecular weight excluding hydrogens is 433 g/mol. The number of rotatable bonds is 7. The number of nitrogens with zero attached hydrogens (tertiary/aromatic N) is 1. The predicted octanol–water partition coefficient (Wildman–Crippen LogP) is 2.88. The van der Waals surface area contributed by atoms with E-state index in [0.717, 1.165) is 25.1 Å². The Morgan fingerprint density at radius 3 is 2.68 bits per heavy atom. The predicted molar refractivity (Wildman–Crippen MR) is 103 cm³/mol. The minimum Gasteiger partial charge on any atom is -0.459 e. The van der Waals surface area contributed by atoms with E-state index in [-0.39, 0.29) is 24.3 Å². The summed E-state index contributed by atoms with van der Waals surface area (Å²) < 4.78 is 12.9. The molecule has 0 bridgehead atoms. The zero-order chi connectivity index (χ0) is 17.8. The van der Waals surface area contributed by atoms with Gasteiger partial charge >= 0.3 is 0 Å². The van der Waals surface area contributed by atoms with Crippen LogP contribution in [0.4, 0.5) is 0 Å². The van der Waals surface area contributed by atoms with E-state index in [0.29, 0.717) is 18.8 Å². The molecule has 2 aliphatic heterocycles. The molecule has 1 aromatic carbocycles. The fourth-order valence-electron chi connectivity index (χ4n) is 3.23. The minimum atomic E-state index is -0.468. The van der Waals surface area contributed by atoms with Crippen LogP contribution in [0.3, 0.4) is 0 Å². The maximum Gasteiger partial charge on any atom is 0.288 e. The number of hydrogen-bond acceptors (Lipinski definition) is 4. The number of aliphatic hydroxyl groups excluding tert-OH is 1. The molecule has 0 unspecified atom stereocenters. The van der Waals surface area contributed by atoms with E-state index >= 15 is 0 Å². The summed E-state index contributed by atoms with van der Waals surface area (Å²) in [5, 5.41) is 9.27. The lowest BCUT2D eigenvalue weighted by Gasteiger charge is -2.37. The first-order valence-electron chi connectivity index (χ1n) is 8.79. The molecule has 2 aliphatic rings. The highest BCUT2D eigenvalue weighted by Crippen LogP contribution is 2.40. The maximum atomic E-state index is 12.5. The van der Waals surface area contributed by atoms with Crippen LogP contribution >= 0.6 is 22.6 Å². The Bertz CT molecular complexity index is 627. The van der Waals surface area contributed by atoms with Gasteiger partial charge in [0.05, 0.1) is 0 Å². The van der Waals surface area contributed by atoms with Gasteiger partial charge in [0.15, 0.2) is 5.76 Å². The van der Waals surface area contributed by atoms with E-state index in [1.165, 1.54) is 3.57 Å². The Morgan fingerprint density at radius 2 is 2.08 bits per heavy atom. The number of carbonyl (C=O) groups excluding carboxylic acids is 1. The van der Waals surface area contributed by atoms with E-state index in [4.69, 9.17) is 9.47 Å². The molecule has 1 saturated heterocycles. The second kappa shape index (κ2) is 8.51. The molecule has 1 amide bonds. The van der Waals surface area contributed by atoms with Crippen LogP contribution in [-0.4, -0.2) is 48.5 Å². The van der Waals surface area contributed by atoms with E-state index in [9.17, 15) is 9.90 Å². The molecule has 0 aliphatic carbocycles. The number of halogens is 1. The quantitative estimate of drug-likeness (QED) is 0.506. The van der Waals surface area contributed by atoms with Crippen LogP contribution in [0.15, 0.2) is 36.1 Å². The SMILES string of the molecule is CCO[C@@H]1OC(C(=O)N2CC2)=C[C@H](c2ccc(I)cc2)[C@H]1CCCO. The Kier molecular flexibility index (Phi) is 6.35. The fraction of sp³-hybridized carbons (Fsp3) is 0.526. The Labute approximate surface area is 162 Å². The third-order valence-corrected chi connectivity index (χ3v) is 5.33. The third-order valence-electron chi connectivity index (χ3n) is 4.61. The highest BCUT2D eigenvalue weighted by Gasteiger charge is 2.40. The molecule has 1 fully saturated rings. The van der Waals surface area contributed by atoms with Gasteiger partial charge in [-0.2, -0.15) is 0 Å². The molecule has 0 radical (unpaired) electrons. The summed E-state index contributed by atoms with van der Waals surface area (Å²) in [7, 11) is 0. The van der Waals surface area contributed by atoms with Crippen LogP contribution in [0.1, 0.15) is 31.2 Å². The van der Waals surface area contributed by atoms with Gasteiger partial charge in [-0.3, -0.25) is 4.79 Å². The zero-order valence-corrected chi connectivity index (χ0v) is 16.5. The van der Waals surface area contributed by atoms with E-state index in [1.807, 2.05) is 13.0 Å². The summed E-state index contributed by atoms with van der Waals surface area (Å²) in [4.78, 5) is 14.3. The number of carbonyl (C=O) groups is 1. The van der Waals surface area contributed by atoms with Crippen molar-refractivity contribution in [1.82, 2.24) is 4.90 Å². The molecule has 1 aromatic rings. The van der Waals surface area contributed by atoms with Crippen molar-refractivity contribution in [1.29, 1.82) is 0 Å². The highest BCUT2D eigenvalue weighted by molar-refractivity contribution is 14.1. The number of aliphatic hydroxyl groups is 1. The van der Waals surface area contributed by atoms with Crippen LogP contribution in [0.2, 0.25) is 0 Å². The van der Waals surface area contributed by atoms with Gasteiger partial charge in [-0.25, -0.2) is 0 Å². The summed E-state index contributed by atoms with van der Waals surface area (Å²) in [5.74, 6) is 0.436. The molecule has 3 rings (SSSR count). The smallest absolute Gasteiger partial charge is 0.288 e. The second-order valence-corrected chi connectivity index (χ2v) is 7.62. The van der Waals surface area contributed by atoms with Crippen molar-refractivity contribution in [2.75, 3.05) is 26.3 Å². The fourth-order valence-corrected chi connectivity index (χ4v) is 3.59. The first-order chi connectivity index (χ1) is 12.1. The van der Waals surface area contributed by atoms with Crippen LogP contribution < -0.4 is 0 Å². The molecule has 1 N–H and O–H groups in total. The van der Waals surface area contributed by atoms with Crippen molar-refractivity contribution >= 4 is 28.5 Å². The Hall–Kier alpha value is -1.12. The average molecular weight is 457 g/mol. The van der Waals surface area contributed by atoms with Crippen LogP contribution in [0.5, 0.6) is 0 Å². The largest absolute Gasteiger partial charge is 0.459 e. The van der Waals surface area contributed by atoms with Crippen molar-refractivity contribution in [3.63, 3.8) is 0 Å². The molecule has 6 heteroatoms. The maximum absolute atomic E-state index is 12.5. The van der Waals surface area contributed by atoms with Gasteiger partial charge in [0, 0.05) is 41.7 Å². The minimum absolute atomic E-state index is 0.0350. The van der Waals surface area contributed by atoms with E-state index in [1.54, 1.807) is 4.90 Å². The van der Waals surface area contributed by atoms with Gasteiger partial charge in [-0.15, -0.1) is 0 Å². The molecule has 0 saturated carbocycles. The Morgan fingerprint density at radius 1 is 1.36 bits per heavy atom. The lowest BCUT2D eigenvalue weighted by molar-refractivity contribution is -0.168. The molecule has 0 aromatic heterocycles. The molecule has 0 spiro atoms. The molecule has 25 heavy (non-hydrogen) atoms. The summed E-state index contributed by atoms with van der Waals surface area (Å²) in [6.45, 7) is 4.17. The van der Waals surface area contributed by atoms with E-state index < -0.39 is 6.29 Å². The third kappa shape index (κ3) is 4.54.